The second kappa shape index (κ2) is 9.26. The third kappa shape index (κ3) is 5.37. The Labute approximate surface area is 174 Å². The molecule has 0 saturated heterocycles. The van der Waals surface area contributed by atoms with Crippen molar-refractivity contribution in [3.63, 3.8) is 0 Å². The Morgan fingerprint density at radius 3 is 2.75 bits per heavy atom. The number of aromatic nitrogens is 3. The lowest BCUT2D eigenvalue weighted by Gasteiger charge is -2.15. The van der Waals surface area contributed by atoms with E-state index in [4.69, 9.17) is 22.2 Å². The highest BCUT2D eigenvalue weighted by atomic mass is 35.5. The highest BCUT2D eigenvalue weighted by Gasteiger charge is 2.15. The van der Waals surface area contributed by atoms with E-state index in [0.29, 0.717) is 27.6 Å². The molecule has 0 aliphatic rings. The number of ether oxygens (including phenoxy) is 1. The molecule has 0 radical (unpaired) electrons. The van der Waals surface area contributed by atoms with Crippen LogP contribution >= 0.6 is 34.7 Å². The number of carbonyl (C=O) groups excluding carboxylic acids is 1. The topological polar surface area (TPSA) is 86.3 Å². The van der Waals surface area contributed by atoms with E-state index < -0.39 is 0 Å². The zero-order valence-corrected chi connectivity index (χ0v) is 17.2. The Bertz CT molecular complexity index is 947. The Morgan fingerprint density at radius 2 is 2.07 bits per heavy atom. The maximum atomic E-state index is 12.9. The molecule has 2 N–H and O–H groups in total. The van der Waals surface area contributed by atoms with Gasteiger partial charge in [-0.25, -0.2) is 9.07 Å². The molecular weight excluding hydrogens is 425 g/mol. The van der Waals surface area contributed by atoms with Gasteiger partial charge in [-0.1, -0.05) is 23.4 Å². The first-order valence-corrected chi connectivity index (χ1v) is 10.3. The Balaban J connectivity index is 1.50. The fraction of sp³-hybridized carbons (Fsp3) is 0.235. The van der Waals surface area contributed by atoms with Gasteiger partial charge in [0.15, 0.2) is 5.82 Å². The van der Waals surface area contributed by atoms with Gasteiger partial charge in [-0.2, -0.15) is 0 Å². The molecule has 0 saturated carbocycles. The largest absolute Gasteiger partial charge is 0.486 e. The summed E-state index contributed by atoms with van der Waals surface area (Å²) >= 11 is 8.54. The van der Waals surface area contributed by atoms with Gasteiger partial charge in [-0.3, -0.25) is 4.79 Å². The number of hydrogen-bond donors (Lipinski definition) is 1. The molecule has 1 aromatic carbocycles. The molecule has 0 fully saturated rings. The smallest absolute Gasteiger partial charge is 0.233 e. The summed E-state index contributed by atoms with van der Waals surface area (Å²) in [7, 11) is 1.73. The third-order valence-electron chi connectivity index (χ3n) is 3.69. The van der Waals surface area contributed by atoms with Gasteiger partial charge in [0.05, 0.1) is 16.6 Å². The molecule has 0 spiro atoms. The summed E-state index contributed by atoms with van der Waals surface area (Å²) in [5.74, 6) is 6.61. The van der Waals surface area contributed by atoms with Gasteiger partial charge < -0.3 is 15.5 Å². The molecule has 0 aliphatic carbocycles. The quantitative estimate of drug-likeness (QED) is 0.427. The lowest BCUT2D eigenvalue weighted by atomic mass is 10.3. The van der Waals surface area contributed by atoms with Crippen LogP contribution in [0.1, 0.15) is 10.7 Å². The van der Waals surface area contributed by atoms with Gasteiger partial charge >= 0.3 is 0 Å². The number of thioether (sulfide) groups is 1. The van der Waals surface area contributed by atoms with E-state index in [-0.39, 0.29) is 24.1 Å². The molecule has 0 aliphatic heterocycles. The number of nitrogen functional groups attached to an aromatic ring is 1. The van der Waals surface area contributed by atoms with Crippen molar-refractivity contribution < 1.29 is 13.9 Å². The average Bonchev–Trinajstić information content (AvgIpc) is 3.24. The van der Waals surface area contributed by atoms with Crippen LogP contribution in [0.4, 0.5) is 4.39 Å². The molecular formula is C17H17ClFN5O2S2. The summed E-state index contributed by atoms with van der Waals surface area (Å²) in [6.07, 6.45) is 0. The minimum atomic E-state index is -0.343. The Kier molecular flexibility index (Phi) is 6.76. The molecule has 0 unspecified atom stereocenters. The molecule has 0 bridgehead atoms. The number of rotatable bonds is 8. The Morgan fingerprint density at radius 1 is 1.32 bits per heavy atom. The van der Waals surface area contributed by atoms with E-state index in [1.807, 2.05) is 6.07 Å². The maximum absolute atomic E-state index is 12.9. The first kappa shape index (κ1) is 20.4. The summed E-state index contributed by atoms with van der Waals surface area (Å²) < 4.78 is 20.4. The minimum Gasteiger partial charge on any atom is -0.486 e. The van der Waals surface area contributed by atoms with Crippen LogP contribution in [0, 0.1) is 5.82 Å². The summed E-state index contributed by atoms with van der Waals surface area (Å²) in [5.41, 5.74) is 0. The lowest BCUT2D eigenvalue weighted by molar-refractivity contribution is -0.127. The van der Waals surface area contributed by atoms with Crippen molar-refractivity contribution in [1.29, 1.82) is 0 Å². The monoisotopic (exact) mass is 441 g/mol. The number of thiophene rings is 1. The SMILES string of the molecule is CN(Cc1ccc(Cl)s1)C(=O)CSc1nnc(COc2ccc(F)cc2)n1N. The average molecular weight is 442 g/mol. The van der Waals surface area contributed by atoms with Gasteiger partial charge in [0.25, 0.3) is 0 Å². The van der Waals surface area contributed by atoms with Crippen molar-refractivity contribution in [2.45, 2.75) is 18.3 Å². The maximum Gasteiger partial charge on any atom is 0.233 e. The predicted octanol–water partition coefficient (Wildman–Crippen LogP) is 3.18. The van der Waals surface area contributed by atoms with Crippen LogP contribution in [0.3, 0.4) is 0 Å². The Hall–Kier alpha value is -2.30. The van der Waals surface area contributed by atoms with E-state index >= 15 is 0 Å². The number of amides is 1. The van der Waals surface area contributed by atoms with Gasteiger partial charge in [-0.05, 0) is 36.4 Å². The van der Waals surface area contributed by atoms with Gasteiger partial charge in [0.1, 0.15) is 18.2 Å². The molecule has 28 heavy (non-hydrogen) atoms. The van der Waals surface area contributed by atoms with Crippen molar-refractivity contribution in [1.82, 2.24) is 19.8 Å². The highest BCUT2D eigenvalue weighted by Crippen LogP contribution is 2.23. The molecule has 7 nitrogen and oxygen atoms in total. The number of nitrogens with zero attached hydrogens (tertiary/aromatic N) is 4. The van der Waals surface area contributed by atoms with E-state index in [1.165, 1.54) is 52.0 Å². The van der Waals surface area contributed by atoms with Crippen LogP contribution in [0.15, 0.2) is 41.6 Å². The van der Waals surface area contributed by atoms with Crippen molar-refractivity contribution in [3.8, 4) is 5.75 Å². The van der Waals surface area contributed by atoms with Crippen LogP contribution in [0.5, 0.6) is 5.75 Å². The van der Waals surface area contributed by atoms with E-state index in [9.17, 15) is 9.18 Å². The summed E-state index contributed by atoms with van der Waals surface area (Å²) in [5, 5.41) is 8.36. The minimum absolute atomic E-state index is 0.0679. The van der Waals surface area contributed by atoms with Gasteiger partial charge in [-0.15, -0.1) is 21.5 Å². The van der Waals surface area contributed by atoms with Crippen LogP contribution in [-0.2, 0) is 17.9 Å². The zero-order chi connectivity index (χ0) is 20.1. The van der Waals surface area contributed by atoms with Crippen molar-refractivity contribution in [2.24, 2.45) is 0 Å². The molecule has 148 valence electrons. The van der Waals surface area contributed by atoms with Crippen LogP contribution in [-0.4, -0.2) is 38.5 Å². The molecule has 1 amide bonds. The number of hydrogen-bond acceptors (Lipinski definition) is 7. The van der Waals surface area contributed by atoms with E-state index in [2.05, 4.69) is 10.2 Å². The number of benzene rings is 1. The predicted molar refractivity (Wildman–Crippen MR) is 107 cm³/mol. The zero-order valence-electron chi connectivity index (χ0n) is 14.8. The second-order valence-electron chi connectivity index (χ2n) is 5.76. The van der Waals surface area contributed by atoms with Crippen LogP contribution in [0.2, 0.25) is 4.34 Å². The fourth-order valence-corrected chi connectivity index (χ4v) is 4.14. The third-order valence-corrected chi connectivity index (χ3v) is 5.83. The summed E-state index contributed by atoms with van der Waals surface area (Å²) in [6.45, 7) is 0.561. The van der Waals surface area contributed by atoms with E-state index in [0.717, 1.165) is 4.88 Å². The van der Waals surface area contributed by atoms with E-state index in [1.54, 1.807) is 18.0 Å². The van der Waals surface area contributed by atoms with Gasteiger partial charge in [0.2, 0.25) is 11.1 Å². The van der Waals surface area contributed by atoms with Gasteiger partial charge in [0, 0.05) is 11.9 Å². The molecule has 0 atom stereocenters. The number of halogens is 2. The lowest BCUT2D eigenvalue weighted by Crippen LogP contribution is -2.27. The molecule has 11 heteroatoms. The summed E-state index contributed by atoms with van der Waals surface area (Å²) in [6, 6.07) is 9.33. The number of carbonyl (C=O) groups is 1. The van der Waals surface area contributed by atoms with Crippen LogP contribution in [0.25, 0.3) is 0 Å². The van der Waals surface area contributed by atoms with Crippen molar-refractivity contribution in [2.75, 3.05) is 18.6 Å². The molecule has 2 aromatic heterocycles. The second-order valence-corrected chi connectivity index (χ2v) is 8.50. The molecule has 3 rings (SSSR count). The number of nitrogens with two attached hydrogens (primary N) is 1. The summed E-state index contributed by atoms with van der Waals surface area (Å²) in [4.78, 5) is 14.9. The first-order valence-electron chi connectivity index (χ1n) is 8.11. The first-order chi connectivity index (χ1) is 13.4. The van der Waals surface area contributed by atoms with Crippen molar-refractivity contribution >= 4 is 40.6 Å². The molecule has 3 aromatic rings. The van der Waals surface area contributed by atoms with Crippen LogP contribution < -0.4 is 10.6 Å². The highest BCUT2D eigenvalue weighted by molar-refractivity contribution is 7.99. The standard InChI is InChI=1S/C17H17ClFN5O2S2/c1-23(8-13-6-7-14(18)28-13)16(25)10-27-17-22-21-15(24(17)20)9-26-12-4-2-11(19)3-5-12/h2-7H,8-10,20H2,1H3. The fourth-order valence-electron chi connectivity index (χ4n) is 2.18. The van der Waals surface area contributed by atoms with Crippen molar-refractivity contribution in [3.05, 3.63) is 57.3 Å². The normalized spacial score (nSPS) is 10.8. The molecule has 2 heterocycles.